The Morgan fingerprint density at radius 3 is 3.00 bits per heavy atom. The largest absolute Gasteiger partial charge is 0.354 e. The monoisotopic (exact) mass is 328 g/mol. The van der Waals surface area contributed by atoms with Gasteiger partial charge in [-0.05, 0) is 43.4 Å². The van der Waals surface area contributed by atoms with Gasteiger partial charge in [0.1, 0.15) is 6.04 Å². The highest BCUT2D eigenvalue weighted by molar-refractivity contribution is 5.95. The summed E-state index contributed by atoms with van der Waals surface area (Å²) in [6.07, 6.45) is 3.89. The Bertz CT molecular complexity index is 753. The van der Waals surface area contributed by atoms with Crippen molar-refractivity contribution in [3.05, 3.63) is 30.5 Å². The molecule has 3 amide bonds. The third kappa shape index (κ3) is 3.22. The maximum absolute atomic E-state index is 12.6. The third-order valence-electron chi connectivity index (χ3n) is 4.47. The molecular formula is C18H24N4O2. The topological polar surface area (TPSA) is 66.4 Å². The minimum absolute atomic E-state index is 0.102. The van der Waals surface area contributed by atoms with Crippen molar-refractivity contribution in [2.45, 2.75) is 39.3 Å². The van der Waals surface area contributed by atoms with Gasteiger partial charge in [0.15, 0.2) is 0 Å². The summed E-state index contributed by atoms with van der Waals surface area (Å²) in [6, 6.07) is 7.30. The fourth-order valence-corrected chi connectivity index (χ4v) is 3.11. The minimum atomic E-state index is -0.458. The molecule has 1 unspecified atom stereocenters. The second kappa shape index (κ2) is 6.95. The van der Waals surface area contributed by atoms with Crippen LogP contribution in [-0.4, -0.2) is 40.5 Å². The van der Waals surface area contributed by atoms with Gasteiger partial charge in [-0.2, -0.15) is 0 Å². The summed E-state index contributed by atoms with van der Waals surface area (Å²) in [6.45, 7) is 6.03. The summed E-state index contributed by atoms with van der Waals surface area (Å²) in [5, 5.41) is 6.91. The van der Waals surface area contributed by atoms with Gasteiger partial charge < -0.3 is 20.1 Å². The van der Waals surface area contributed by atoms with Gasteiger partial charge >= 0.3 is 6.03 Å². The van der Waals surface area contributed by atoms with Crippen molar-refractivity contribution < 1.29 is 9.59 Å². The van der Waals surface area contributed by atoms with Crippen molar-refractivity contribution in [3.63, 3.8) is 0 Å². The van der Waals surface area contributed by atoms with E-state index in [-0.39, 0.29) is 11.9 Å². The second-order valence-electron chi connectivity index (χ2n) is 6.23. The van der Waals surface area contributed by atoms with E-state index in [4.69, 9.17) is 0 Å². The van der Waals surface area contributed by atoms with Crippen LogP contribution in [0.4, 0.5) is 10.5 Å². The van der Waals surface area contributed by atoms with Crippen LogP contribution in [0, 0.1) is 0 Å². The van der Waals surface area contributed by atoms with E-state index < -0.39 is 6.04 Å². The molecule has 6 heteroatoms. The maximum atomic E-state index is 12.6. The first-order valence-electron chi connectivity index (χ1n) is 8.54. The van der Waals surface area contributed by atoms with Crippen molar-refractivity contribution in [2.24, 2.45) is 0 Å². The Hall–Kier alpha value is -2.50. The summed E-state index contributed by atoms with van der Waals surface area (Å²) in [4.78, 5) is 26.1. The highest BCUT2D eigenvalue weighted by atomic mass is 16.2. The Balaban J connectivity index is 1.79. The van der Waals surface area contributed by atoms with Crippen LogP contribution in [0.1, 0.15) is 26.7 Å². The lowest BCUT2D eigenvalue weighted by atomic mass is 10.2. The molecule has 0 spiro atoms. The van der Waals surface area contributed by atoms with Gasteiger partial charge in [0.2, 0.25) is 5.91 Å². The average molecular weight is 328 g/mol. The number of carbonyl (C=O) groups excluding carboxylic acids is 2. The van der Waals surface area contributed by atoms with E-state index in [9.17, 15) is 9.59 Å². The van der Waals surface area contributed by atoms with Gasteiger partial charge in [0, 0.05) is 31.5 Å². The lowest BCUT2D eigenvalue weighted by Crippen LogP contribution is -2.47. The van der Waals surface area contributed by atoms with Crippen LogP contribution in [0.25, 0.3) is 10.9 Å². The molecule has 0 radical (unpaired) electrons. The molecule has 1 aromatic carbocycles. The predicted molar refractivity (Wildman–Crippen MR) is 95.0 cm³/mol. The number of carbonyl (C=O) groups is 2. The van der Waals surface area contributed by atoms with Crippen LogP contribution in [0.15, 0.2) is 30.5 Å². The number of amides is 3. The van der Waals surface area contributed by atoms with Gasteiger partial charge in [0.05, 0.1) is 5.52 Å². The maximum Gasteiger partial charge on any atom is 0.322 e. The summed E-state index contributed by atoms with van der Waals surface area (Å²) in [5.74, 6) is -0.102. The number of benzene rings is 1. The summed E-state index contributed by atoms with van der Waals surface area (Å²) in [7, 11) is 0. The number of fused-ring (bicyclic) bond motifs is 1. The molecule has 24 heavy (non-hydrogen) atoms. The highest BCUT2D eigenvalue weighted by Gasteiger charge is 2.27. The van der Waals surface area contributed by atoms with Crippen molar-refractivity contribution in [1.82, 2.24) is 14.8 Å². The summed E-state index contributed by atoms with van der Waals surface area (Å²) >= 11 is 0. The van der Waals surface area contributed by atoms with E-state index in [0.717, 1.165) is 36.0 Å². The Morgan fingerprint density at radius 1 is 1.38 bits per heavy atom. The first-order chi connectivity index (χ1) is 11.6. The number of rotatable bonds is 3. The van der Waals surface area contributed by atoms with Crippen molar-refractivity contribution >= 4 is 28.5 Å². The van der Waals surface area contributed by atoms with E-state index in [1.807, 2.05) is 18.2 Å². The molecule has 2 aromatic rings. The van der Waals surface area contributed by atoms with Crippen molar-refractivity contribution in [2.75, 3.05) is 18.4 Å². The molecule has 2 heterocycles. The molecule has 0 saturated carbocycles. The zero-order valence-electron chi connectivity index (χ0n) is 14.2. The molecular weight excluding hydrogens is 304 g/mol. The van der Waals surface area contributed by atoms with Gasteiger partial charge in [-0.3, -0.25) is 4.79 Å². The number of hydrogen-bond acceptors (Lipinski definition) is 2. The number of nitrogens with zero attached hydrogens (tertiary/aromatic N) is 2. The number of anilines is 1. The molecule has 1 aliphatic heterocycles. The molecule has 1 fully saturated rings. The van der Waals surface area contributed by atoms with E-state index in [0.29, 0.717) is 13.1 Å². The molecule has 128 valence electrons. The van der Waals surface area contributed by atoms with E-state index in [1.54, 1.807) is 11.8 Å². The smallest absolute Gasteiger partial charge is 0.322 e. The fourth-order valence-electron chi connectivity index (χ4n) is 3.11. The minimum Gasteiger partial charge on any atom is -0.354 e. The quantitative estimate of drug-likeness (QED) is 0.910. The first-order valence-corrected chi connectivity index (χ1v) is 8.54. The lowest BCUT2D eigenvalue weighted by Gasteiger charge is -2.25. The van der Waals surface area contributed by atoms with Gasteiger partial charge in [-0.15, -0.1) is 0 Å². The molecule has 2 N–H and O–H groups in total. The summed E-state index contributed by atoms with van der Waals surface area (Å²) < 4.78 is 2.19. The number of aryl methyl sites for hydroxylation is 1. The molecule has 1 saturated heterocycles. The van der Waals surface area contributed by atoms with Crippen LogP contribution in [0.5, 0.6) is 0 Å². The number of aromatic nitrogens is 1. The molecule has 1 atom stereocenters. The van der Waals surface area contributed by atoms with Gasteiger partial charge in [-0.25, -0.2) is 4.79 Å². The third-order valence-corrected chi connectivity index (χ3v) is 4.47. The van der Waals surface area contributed by atoms with E-state index >= 15 is 0 Å². The number of nitrogens with one attached hydrogen (secondary N) is 2. The highest BCUT2D eigenvalue weighted by Crippen LogP contribution is 2.21. The standard InChI is InChI=1S/C18H24N4O2/c1-3-9-21-11-7-14-5-6-15(12-16(14)21)20-18(24)22-10-4-8-19-17(23)13(22)2/h5-7,11-13H,3-4,8-10H2,1-2H3,(H,19,23)(H,20,24). The van der Waals surface area contributed by atoms with E-state index in [2.05, 4.69) is 34.4 Å². The Kier molecular flexibility index (Phi) is 4.74. The zero-order chi connectivity index (χ0) is 17.1. The fraction of sp³-hybridized carbons (Fsp3) is 0.444. The molecule has 6 nitrogen and oxygen atoms in total. The predicted octanol–water partition coefficient (Wildman–Crippen LogP) is 2.79. The second-order valence-corrected chi connectivity index (χ2v) is 6.23. The van der Waals surface area contributed by atoms with Crippen LogP contribution in [-0.2, 0) is 11.3 Å². The van der Waals surface area contributed by atoms with Crippen molar-refractivity contribution in [1.29, 1.82) is 0 Å². The molecule has 3 rings (SSSR count). The molecule has 0 aliphatic carbocycles. The van der Waals surface area contributed by atoms with Gasteiger partial charge in [-0.1, -0.05) is 13.0 Å². The van der Waals surface area contributed by atoms with Crippen LogP contribution >= 0.6 is 0 Å². The molecule has 0 bridgehead atoms. The van der Waals surface area contributed by atoms with E-state index in [1.165, 1.54) is 0 Å². The number of urea groups is 1. The van der Waals surface area contributed by atoms with Gasteiger partial charge in [0.25, 0.3) is 0 Å². The first kappa shape index (κ1) is 16.4. The van der Waals surface area contributed by atoms with Crippen molar-refractivity contribution in [3.8, 4) is 0 Å². The Morgan fingerprint density at radius 2 is 2.21 bits per heavy atom. The average Bonchev–Trinajstić information content (AvgIpc) is 2.88. The molecule has 1 aromatic heterocycles. The van der Waals surface area contributed by atoms with Crippen LogP contribution in [0.3, 0.4) is 0 Å². The SMILES string of the molecule is CCCn1ccc2ccc(NC(=O)N3CCCNC(=O)C3C)cc21. The summed E-state index contributed by atoms with van der Waals surface area (Å²) in [5.41, 5.74) is 1.86. The zero-order valence-corrected chi connectivity index (χ0v) is 14.2. The number of hydrogen-bond donors (Lipinski definition) is 2. The van der Waals surface area contributed by atoms with Crippen LogP contribution < -0.4 is 10.6 Å². The van der Waals surface area contributed by atoms with Crippen LogP contribution in [0.2, 0.25) is 0 Å². The molecule has 1 aliphatic rings. The Labute approximate surface area is 141 Å². The normalized spacial score (nSPS) is 18.3. The lowest BCUT2D eigenvalue weighted by molar-refractivity contribution is -0.124.